The fraction of sp³-hybridized carbons (Fsp3) is 0.273. The molecular formula is C22H24F3N7O. The molecule has 33 heavy (non-hydrogen) atoms. The fourth-order valence-electron chi connectivity index (χ4n) is 3.52. The number of hydrogen-bond donors (Lipinski definition) is 4. The first-order valence-electron chi connectivity index (χ1n) is 10.3. The van der Waals surface area contributed by atoms with Crippen LogP contribution in [-0.4, -0.2) is 43.3 Å². The summed E-state index contributed by atoms with van der Waals surface area (Å²) in [6.07, 6.45) is -3.89. The van der Waals surface area contributed by atoms with Gasteiger partial charge in [0.15, 0.2) is 0 Å². The van der Waals surface area contributed by atoms with Crippen molar-refractivity contribution in [1.82, 2.24) is 15.3 Å². The molecule has 0 amide bonds. The Bertz CT molecular complexity index is 1120. The standard InChI is InChI=1S/C22H24F3N7O/c1-33-19-12-16(32-9-7-27-8-10-32)5-6-18(19)30-21-28-13-17(22(23,24)25)20(31-21)29-15-4-2-3-14(26)11-15/h2-6,11-13,27H,7-10,26H2,1H3,(H2,28,29,30,31). The van der Waals surface area contributed by atoms with Gasteiger partial charge in [0.05, 0.1) is 12.8 Å². The number of piperazine rings is 1. The van der Waals surface area contributed by atoms with E-state index >= 15 is 0 Å². The van der Waals surface area contributed by atoms with Gasteiger partial charge in [0.1, 0.15) is 17.1 Å². The van der Waals surface area contributed by atoms with Crippen molar-refractivity contribution in [3.63, 3.8) is 0 Å². The lowest BCUT2D eigenvalue weighted by Crippen LogP contribution is -2.43. The Morgan fingerprint density at radius 1 is 1.09 bits per heavy atom. The second-order valence-electron chi connectivity index (χ2n) is 7.45. The van der Waals surface area contributed by atoms with E-state index in [1.54, 1.807) is 24.3 Å². The number of benzene rings is 2. The first-order valence-corrected chi connectivity index (χ1v) is 10.3. The molecule has 0 radical (unpaired) electrons. The lowest BCUT2D eigenvalue weighted by atomic mass is 10.2. The number of hydrogen-bond acceptors (Lipinski definition) is 8. The molecule has 1 aromatic heterocycles. The summed E-state index contributed by atoms with van der Waals surface area (Å²) in [5.41, 5.74) is 7.07. The predicted octanol–water partition coefficient (Wildman–Crippen LogP) is 3.98. The third-order valence-electron chi connectivity index (χ3n) is 5.16. The van der Waals surface area contributed by atoms with E-state index in [4.69, 9.17) is 10.5 Å². The van der Waals surface area contributed by atoms with Crippen LogP contribution in [0.4, 0.5) is 47.7 Å². The van der Waals surface area contributed by atoms with Crippen molar-refractivity contribution in [3.8, 4) is 5.75 Å². The van der Waals surface area contributed by atoms with E-state index in [9.17, 15) is 13.2 Å². The minimum atomic E-state index is -4.64. The Kier molecular flexibility index (Phi) is 6.40. The second-order valence-corrected chi connectivity index (χ2v) is 7.45. The zero-order chi connectivity index (χ0) is 23.4. The average molecular weight is 459 g/mol. The van der Waals surface area contributed by atoms with Gasteiger partial charge >= 0.3 is 6.18 Å². The quantitative estimate of drug-likeness (QED) is 0.411. The lowest BCUT2D eigenvalue weighted by molar-refractivity contribution is -0.137. The maximum atomic E-state index is 13.5. The van der Waals surface area contributed by atoms with Gasteiger partial charge in [-0.25, -0.2) is 4.98 Å². The van der Waals surface area contributed by atoms with Crippen LogP contribution in [0.5, 0.6) is 5.75 Å². The maximum absolute atomic E-state index is 13.5. The molecule has 8 nitrogen and oxygen atoms in total. The van der Waals surface area contributed by atoms with Crippen LogP contribution in [0, 0.1) is 0 Å². The van der Waals surface area contributed by atoms with Crippen molar-refractivity contribution in [2.24, 2.45) is 0 Å². The Labute approximate surface area is 189 Å². The van der Waals surface area contributed by atoms with E-state index in [1.165, 1.54) is 13.2 Å². The molecule has 0 atom stereocenters. The van der Waals surface area contributed by atoms with Crippen LogP contribution in [0.25, 0.3) is 0 Å². The smallest absolute Gasteiger partial charge is 0.421 e. The summed E-state index contributed by atoms with van der Waals surface area (Å²) in [5, 5.41) is 8.95. The van der Waals surface area contributed by atoms with Crippen LogP contribution < -0.4 is 31.3 Å². The van der Waals surface area contributed by atoms with E-state index in [-0.39, 0.29) is 11.8 Å². The van der Waals surface area contributed by atoms with E-state index < -0.39 is 11.7 Å². The highest BCUT2D eigenvalue weighted by Crippen LogP contribution is 2.36. The van der Waals surface area contributed by atoms with Crippen LogP contribution in [-0.2, 0) is 6.18 Å². The lowest BCUT2D eigenvalue weighted by Gasteiger charge is -2.30. The van der Waals surface area contributed by atoms with E-state index in [0.717, 1.165) is 38.1 Å². The molecule has 2 aromatic carbocycles. The Morgan fingerprint density at radius 2 is 1.88 bits per heavy atom. The molecule has 0 bridgehead atoms. The molecule has 1 fully saturated rings. The first kappa shape index (κ1) is 22.5. The highest BCUT2D eigenvalue weighted by atomic mass is 19.4. The number of rotatable bonds is 6. The van der Waals surface area contributed by atoms with E-state index in [1.807, 2.05) is 12.1 Å². The SMILES string of the molecule is COc1cc(N2CCNCC2)ccc1Nc1ncc(C(F)(F)F)c(Nc2cccc(N)c2)n1. The largest absolute Gasteiger partial charge is 0.494 e. The van der Waals surface area contributed by atoms with Gasteiger partial charge in [-0.1, -0.05) is 6.07 Å². The maximum Gasteiger partial charge on any atom is 0.421 e. The van der Waals surface area contributed by atoms with Gasteiger partial charge in [-0.2, -0.15) is 18.2 Å². The van der Waals surface area contributed by atoms with Gasteiger partial charge < -0.3 is 31.3 Å². The minimum Gasteiger partial charge on any atom is -0.494 e. The van der Waals surface area contributed by atoms with Crippen molar-refractivity contribution < 1.29 is 17.9 Å². The Balaban J connectivity index is 1.62. The van der Waals surface area contributed by atoms with Crippen LogP contribution in [0.2, 0.25) is 0 Å². The minimum absolute atomic E-state index is 0.0115. The highest BCUT2D eigenvalue weighted by molar-refractivity contribution is 5.70. The van der Waals surface area contributed by atoms with Crippen LogP contribution >= 0.6 is 0 Å². The van der Waals surface area contributed by atoms with E-state index in [2.05, 4.69) is 30.8 Å². The van der Waals surface area contributed by atoms with Crippen molar-refractivity contribution >= 4 is 34.5 Å². The number of halogens is 3. The molecule has 0 spiro atoms. The molecule has 0 aliphatic carbocycles. The van der Waals surface area contributed by atoms with Gasteiger partial charge in [0.25, 0.3) is 0 Å². The zero-order valence-corrected chi connectivity index (χ0v) is 17.9. The molecule has 5 N–H and O–H groups in total. The number of alkyl halides is 3. The number of aromatic nitrogens is 2. The third-order valence-corrected chi connectivity index (χ3v) is 5.16. The van der Waals surface area contributed by atoms with E-state index in [0.29, 0.717) is 22.8 Å². The highest BCUT2D eigenvalue weighted by Gasteiger charge is 2.35. The third kappa shape index (κ3) is 5.37. The van der Waals surface area contributed by atoms with Gasteiger partial charge in [0.2, 0.25) is 5.95 Å². The van der Waals surface area contributed by atoms with Crippen LogP contribution in [0.15, 0.2) is 48.7 Å². The number of nitrogen functional groups attached to an aromatic ring is 1. The Morgan fingerprint density at radius 3 is 2.58 bits per heavy atom. The zero-order valence-electron chi connectivity index (χ0n) is 17.9. The number of nitrogens with one attached hydrogen (secondary N) is 3. The summed E-state index contributed by atoms with van der Waals surface area (Å²) in [6.45, 7) is 3.53. The summed E-state index contributed by atoms with van der Waals surface area (Å²) < 4.78 is 46.1. The van der Waals surface area contributed by atoms with Crippen molar-refractivity contribution in [3.05, 3.63) is 54.2 Å². The summed E-state index contributed by atoms with van der Waals surface area (Å²) in [4.78, 5) is 10.2. The monoisotopic (exact) mass is 459 g/mol. The topological polar surface area (TPSA) is 100 Å². The number of anilines is 6. The van der Waals surface area contributed by atoms with Crippen molar-refractivity contribution in [2.75, 3.05) is 54.6 Å². The summed E-state index contributed by atoms with van der Waals surface area (Å²) in [5.74, 6) is 0.129. The average Bonchev–Trinajstić information content (AvgIpc) is 2.79. The summed E-state index contributed by atoms with van der Waals surface area (Å²) in [7, 11) is 1.53. The van der Waals surface area contributed by atoms with Gasteiger partial charge in [-0.05, 0) is 30.3 Å². The number of nitrogens with two attached hydrogens (primary N) is 1. The number of ether oxygens (including phenoxy) is 1. The summed E-state index contributed by atoms with van der Waals surface area (Å²) >= 11 is 0. The molecular weight excluding hydrogens is 435 g/mol. The fourth-order valence-corrected chi connectivity index (χ4v) is 3.52. The molecule has 11 heteroatoms. The molecule has 0 saturated carbocycles. The first-order chi connectivity index (χ1) is 15.8. The Hall–Kier alpha value is -3.73. The molecule has 1 aliphatic rings. The molecule has 4 rings (SSSR count). The van der Waals surface area contributed by atoms with Crippen molar-refractivity contribution in [1.29, 1.82) is 0 Å². The van der Waals surface area contributed by atoms with Crippen LogP contribution in [0.3, 0.4) is 0 Å². The number of nitrogens with zero attached hydrogens (tertiary/aromatic N) is 3. The molecule has 2 heterocycles. The normalized spacial score (nSPS) is 14.1. The molecule has 3 aromatic rings. The number of methoxy groups -OCH3 is 1. The second kappa shape index (κ2) is 9.41. The predicted molar refractivity (Wildman–Crippen MR) is 123 cm³/mol. The van der Waals surface area contributed by atoms with Gasteiger partial charge in [-0.15, -0.1) is 0 Å². The molecule has 1 saturated heterocycles. The molecule has 0 unspecified atom stereocenters. The van der Waals surface area contributed by atoms with Gasteiger partial charge in [-0.3, -0.25) is 0 Å². The summed E-state index contributed by atoms with van der Waals surface area (Å²) in [6, 6.07) is 12.0. The molecule has 174 valence electrons. The van der Waals surface area contributed by atoms with Gasteiger partial charge in [0, 0.05) is 55.5 Å². The molecule has 1 aliphatic heterocycles. The van der Waals surface area contributed by atoms with Crippen LogP contribution in [0.1, 0.15) is 5.56 Å². The van der Waals surface area contributed by atoms with Crippen molar-refractivity contribution in [2.45, 2.75) is 6.18 Å².